The quantitative estimate of drug-likeness (QED) is 0.873. The van der Waals surface area contributed by atoms with Crippen LogP contribution in [0.25, 0.3) is 0 Å². The van der Waals surface area contributed by atoms with Gasteiger partial charge in [0, 0.05) is 36.8 Å². The Balaban J connectivity index is 1.67. The second-order valence-corrected chi connectivity index (χ2v) is 9.59. The van der Waals surface area contributed by atoms with Crippen molar-refractivity contribution in [2.75, 3.05) is 6.54 Å². The predicted molar refractivity (Wildman–Crippen MR) is 86.0 cm³/mol. The number of aryl methyl sites for hydroxylation is 2. The van der Waals surface area contributed by atoms with Crippen LogP contribution in [0.5, 0.6) is 0 Å². The van der Waals surface area contributed by atoms with Gasteiger partial charge in [-0.1, -0.05) is 0 Å². The zero-order valence-electron chi connectivity index (χ0n) is 11.5. The second-order valence-electron chi connectivity index (χ2n) is 5.22. The van der Waals surface area contributed by atoms with Gasteiger partial charge in [-0.2, -0.15) is 0 Å². The van der Waals surface area contributed by atoms with Crippen LogP contribution < -0.4 is 4.72 Å². The van der Waals surface area contributed by atoms with Gasteiger partial charge in [0.2, 0.25) is 10.0 Å². The molecule has 0 bridgehead atoms. The monoisotopic (exact) mass is 389 g/mol. The fourth-order valence-corrected chi connectivity index (χ4v) is 6.13. The molecule has 1 unspecified atom stereocenters. The molecule has 8 heteroatoms. The summed E-state index contributed by atoms with van der Waals surface area (Å²) in [5.74, 6) is 1.40. The van der Waals surface area contributed by atoms with Crippen LogP contribution >= 0.6 is 27.3 Å². The standard InChI is InChI=1S/C13H16BrN3O2S2/c1-9-11(6-12(14)20-9)21(18,19)16-7-10-2-3-13-15-4-5-17(13)8-10/h4-6,10,16H,2-3,7-8H2,1H3. The Morgan fingerprint density at radius 1 is 1.57 bits per heavy atom. The molecular formula is C13H16BrN3O2S2. The Morgan fingerprint density at radius 3 is 3.10 bits per heavy atom. The minimum absolute atomic E-state index is 0.309. The highest BCUT2D eigenvalue weighted by molar-refractivity contribution is 9.11. The molecule has 1 aliphatic rings. The SMILES string of the molecule is Cc1sc(Br)cc1S(=O)(=O)NCC1CCc2nccn2C1. The average molecular weight is 390 g/mol. The van der Waals surface area contributed by atoms with E-state index in [-0.39, 0.29) is 0 Å². The van der Waals surface area contributed by atoms with Crippen LogP contribution in [0.3, 0.4) is 0 Å². The lowest BCUT2D eigenvalue weighted by Crippen LogP contribution is -2.33. The van der Waals surface area contributed by atoms with Crippen molar-refractivity contribution < 1.29 is 8.42 Å². The van der Waals surface area contributed by atoms with Gasteiger partial charge in [0.15, 0.2) is 0 Å². The number of nitrogens with zero attached hydrogens (tertiary/aromatic N) is 2. The first-order valence-electron chi connectivity index (χ1n) is 6.71. The van der Waals surface area contributed by atoms with Gasteiger partial charge in [0.25, 0.3) is 0 Å². The molecule has 0 aliphatic carbocycles. The summed E-state index contributed by atoms with van der Waals surface area (Å²) in [7, 11) is -3.43. The van der Waals surface area contributed by atoms with Crippen LogP contribution in [0.1, 0.15) is 17.1 Å². The smallest absolute Gasteiger partial charge is 0.241 e. The maximum absolute atomic E-state index is 12.4. The lowest BCUT2D eigenvalue weighted by Gasteiger charge is -2.23. The summed E-state index contributed by atoms with van der Waals surface area (Å²) in [5.41, 5.74) is 0. The van der Waals surface area contributed by atoms with Crippen molar-refractivity contribution in [2.24, 2.45) is 5.92 Å². The summed E-state index contributed by atoms with van der Waals surface area (Å²) < 4.78 is 30.4. The third kappa shape index (κ3) is 3.23. The fourth-order valence-electron chi connectivity index (χ4n) is 2.61. The zero-order chi connectivity index (χ0) is 15.0. The molecule has 5 nitrogen and oxygen atoms in total. The van der Waals surface area contributed by atoms with Gasteiger partial charge < -0.3 is 4.57 Å². The first kappa shape index (κ1) is 15.2. The summed E-state index contributed by atoms with van der Waals surface area (Å²) in [6.07, 6.45) is 5.62. The fraction of sp³-hybridized carbons (Fsp3) is 0.462. The lowest BCUT2D eigenvalue weighted by atomic mass is 10.00. The van der Waals surface area contributed by atoms with Gasteiger partial charge in [-0.25, -0.2) is 18.1 Å². The first-order chi connectivity index (χ1) is 9.95. The van der Waals surface area contributed by atoms with Crippen LogP contribution in [0.15, 0.2) is 27.1 Å². The minimum Gasteiger partial charge on any atom is -0.335 e. The predicted octanol–water partition coefficient (Wildman–Crippen LogP) is 2.56. The molecule has 21 heavy (non-hydrogen) atoms. The Labute approximate surface area is 136 Å². The van der Waals surface area contributed by atoms with Crippen LogP contribution in [0, 0.1) is 12.8 Å². The van der Waals surface area contributed by atoms with Crippen molar-refractivity contribution in [3.05, 3.63) is 32.9 Å². The topological polar surface area (TPSA) is 64.0 Å². The van der Waals surface area contributed by atoms with E-state index in [4.69, 9.17) is 0 Å². The van der Waals surface area contributed by atoms with E-state index in [1.807, 2.05) is 13.1 Å². The van der Waals surface area contributed by atoms with Gasteiger partial charge in [-0.15, -0.1) is 11.3 Å². The molecular weight excluding hydrogens is 374 g/mol. The molecule has 0 saturated heterocycles. The highest BCUT2D eigenvalue weighted by atomic mass is 79.9. The molecule has 0 saturated carbocycles. The Hall–Kier alpha value is -0.700. The van der Waals surface area contributed by atoms with E-state index in [2.05, 4.69) is 30.2 Å². The van der Waals surface area contributed by atoms with Gasteiger partial charge in [-0.05, 0) is 41.3 Å². The van der Waals surface area contributed by atoms with E-state index >= 15 is 0 Å². The molecule has 1 atom stereocenters. The molecule has 0 fully saturated rings. The van der Waals surface area contributed by atoms with Gasteiger partial charge in [-0.3, -0.25) is 0 Å². The van der Waals surface area contributed by atoms with Gasteiger partial charge >= 0.3 is 0 Å². The molecule has 0 aromatic carbocycles. The number of thiophene rings is 1. The summed E-state index contributed by atoms with van der Waals surface area (Å²) in [6, 6.07) is 1.66. The summed E-state index contributed by atoms with van der Waals surface area (Å²) >= 11 is 4.77. The number of aromatic nitrogens is 2. The molecule has 114 valence electrons. The van der Waals surface area contributed by atoms with Crippen LogP contribution in [-0.4, -0.2) is 24.5 Å². The number of hydrogen-bond donors (Lipinski definition) is 1. The maximum Gasteiger partial charge on any atom is 0.241 e. The molecule has 0 amide bonds. The maximum atomic E-state index is 12.4. The van der Waals surface area contributed by atoms with E-state index in [0.717, 1.165) is 33.9 Å². The third-order valence-corrected chi connectivity index (χ3v) is 6.96. The molecule has 0 spiro atoms. The van der Waals surface area contributed by atoms with Crippen LogP contribution in [-0.2, 0) is 23.0 Å². The number of sulfonamides is 1. The van der Waals surface area contributed by atoms with E-state index in [1.54, 1.807) is 12.3 Å². The normalized spacial score (nSPS) is 18.7. The first-order valence-corrected chi connectivity index (χ1v) is 9.80. The Kier molecular flexibility index (Phi) is 4.22. The van der Waals surface area contributed by atoms with Crippen molar-refractivity contribution in [3.8, 4) is 0 Å². The lowest BCUT2D eigenvalue weighted by molar-refractivity contribution is 0.363. The number of imidazole rings is 1. The van der Waals surface area contributed by atoms with Crippen LogP contribution in [0.2, 0.25) is 0 Å². The highest BCUT2D eigenvalue weighted by Gasteiger charge is 2.23. The molecule has 3 heterocycles. The van der Waals surface area contributed by atoms with Gasteiger partial charge in [0.05, 0.1) is 8.68 Å². The molecule has 2 aromatic rings. The Morgan fingerprint density at radius 2 is 2.38 bits per heavy atom. The minimum atomic E-state index is -3.43. The van der Waals surface area contributed by atoms with Crippen molar-refractivity contribution in [1.82, 2.24) is 14.3 Å². The number of hydrogen-bond acceptors (Lipinski definition) is 4. The molecule has 3 rings (SSSR count). The number of nitrogens with one attached hydrogen (secondary N) is 1. The zero-order valence-corrected chi connectivity index (χ0v) is 14.8. The van der Waals surface area contributed by atoms with Crippen LogP contribution in [0.4, 0.5) is 0 Å². The molecule has 2 aromatic heterocycles. The average Bonchev–Trinajstić information content (AvgIpc) is 3.02. The van der Waals surface area contributed by atoms with E-state index < -0.39 is 10.0 Å². The van der Waals surface area contributed by atoms with Crippen molar-refractivity contribution in [3.63, 3.8) is 0 Å². The van der Waals surface area contributed by atoms with E-state index in [0.29, 0.717) is 17.4 Å². The summed E-state index contributed by atoms with van der Waals surface area (Å²) in [5, 5.41) is 0. The van der Waals surface area contributed by atoms with Crippen molar-refractivity contribution in [1.29, 1.82) is 0 Å². The molecule has 0 radical (unpaired) electrons. The summed E-state index contributed by atoms with van der Waals surface area (Å²) in [6.45, 7) is 3.11. The van der Waals surface area contributed by atoms with Crippen molar-refractivity contribution >= 4 is 37.3 Å². The number of halogens is 1. The summed E-state index contributed by atoms with van der Waals surface area (Å²) in [4.78, 5) is 5.46. The Bertz CT molecular complexity index is 751. The highest BCUT2D eigenvalue weighted by Crippen LogP contribution is 2.29. The number of fused-ring (bicyclic) bond motifs is 1. The molecule has 1 aliphatic heterocycles. The van der Waals surface area contributed by atoms with E-state index in [9.17, 15) is 8.42 Å². The van der Waals surface area contributed by atoms with Gasteiger partial charge in [0.1, 0.15) is 5.82 Å². The third-order valence-electron chi connectivity index (χ3n) is 3.73. The van der Waals surface area contributed by atoms with Crippen molar-refractivity contribution in [2.45, 2.75) is 31.2 Å². The number of rotatable bonds is 4. The largest absolute Gasteiger partial charge is 0.335 e. The second kappa shape index (κ2) is 5.83. The van der Waals surface area contributed by atoms with E-state index in [1.165, 1.54) is 11.3 Å². The molecule has 1 N–H and O–H groups in total.